The highest BCUT2D eigenvalue weighted by atomic mass is 16.5. The number of ether oxygens (including phenoxy) is 4. The Kier molecular flexibility index (Phi) is 13.0. The fraction of sp³-hybridized carbons (Fsp3) is 0.500. The maximum absolute atomic E-state index is 14.5. The number of nitrogens with zero attached hydrogens (tertiary/aromatic N) is 4. The van der Waals surface area contributed by atoms with E-state index >= 15 is 0 Å². The number of carbonyl (C=O) groups excluding carboxylic acids is 3. The summed E-state index contributed by atoms with van der Waals surface area (Å²) in [4.78, 5) is 59.9. The lowest BCUT2D eigenvalue weighted by atomic mass is 9.97. The summed E-state index contributed by atoms with van der Waals surface area (Å²) in [5.74, 6) is 2.97. The average molecular weight is 720 g/mol. The molecule has 0 radical (unpaired) electrons. The second kappa shape index (κ2) is 17.8. The molecule has 6 rings (SSSR count). The first-order valence-corrected chi connectivity index (χ1v) is 17.8. The van der Waals surface area contributed by atoms with Gasteiger partial charge in [-0.2, -0.15) is 0 Å². The first kappa shape index (κ1) is 38.0. The van der Waals surface area contributed by atoms with E-state index in [1.165, 1.54) is 0 Å². The fourth-order valence-corrected chi connectivity index (χ4v) is 7.18. The molecule has 2 N–H and O–H groups in total. The number of pyridine rings is 1. The van der Waals surface area contributed by atoms with E-state index in [0.717, 1.165) is 60.3 Å². The highest BCUT2D eigenvalue weighted by Gasteiger charge is 2.29. The predicted molar refractivity (Wildman–Crippen MR) is 195 cm³/mol. The van der Waals surface area contributed by atoms with Gasteiger partial charge in [-0.1, -0.05) is 6.92 Å². The van der Waals surface area contributed by atoms with Crippen LogP contribution in [0.4, 0.5) is 5.82 Å². The van der Waals surface area contributed by atoms with Gasteiger partial charge in [0.2, 0.25) is 17.6 Å². The number of amides is 3. The standard InChI is InChI=1S/C37H47N5O7.CH2O2/c1-5-33(44)40-14-12-32(43)38-21-24-8-6-13-41(22-24)36-27(19-28-29(39-36)20-31(46-2)35(48-4)34(28)47-3)23-42(16-15-40)37(45)26-10-11-30-25(18-26)9-7-17-49-30;2-1-3/h10-11,18-20,24H,5-9,12-17,21-23H2,1-4H3,(H,38,43);1H,(H,2,3). The highest BCUT2D eigenvalue weighted by Crippen LogP contribution is 2.44. The van der Waals surface area contributed by atoms with Crippen LogP contribution in [-0.2, 0) is 27.3 Å². The van der Waals surface area contributed by atoms with Crippen molar-refractivity contribution >= 4 is 40.9 Å². The molecule has 1 atom stereocenters. The molecule has 0 saturated carbocycles. The molecule has 1 saturated heterocycles. The number of rotatable bonds is 5. The predicted octanol–water partition coefficient (Wildman–Crippen LogP) is 3.90. The number of fused-ring (bicyclic) bond motifs is 6. The molecule has 0 spiro atoms. The molecule has 1 aromatic heterocycles. The molecular weight excluding hydrogens is 670 g/mol. The maximum Gasteiger partial charge on any atom is 0.290 e. The summed E-state index contributed by atoms with van der Waals surface area (Å²) in [5, 5.41) is 10.7. The van der Waals surface area contributed by atoms with Gasteiger partial charge < -0.3 is 44.1 Å². The Morgan fingerprint density at radius 1 is 0.981 bits per heavy atom. The zero-order valence-electron chi connectivity index (χ0n) is 30.4. The molecule has 3 aromatic rings. The van der Waals surface area contributed by atoms with Crippen LogP contribution >= 0.6 is 0 Å². The SMILES string of the molecule is CCC(=O)N1CCC(=O)NCC2CCCN(C2)c2nc3cc(OC)c(OC)c(OC)c3cc2CN(C(=O)c2ccc3c(c2)CCCO3)CC1.O=CO. The topological polar surface area (TPSA) is 160 Å². The Hall–Kier alpha value is -5.27. The van der Waals surface area contributed by atoms with E-state index in [1.807, 2.05) is 37.3 Å². The number of benzene rings is 2. The average Bonchev–Trinajstić information content (AvgIpc) is 3.17. The van der Waals surface area contributed by atoms with Crippen molar-refractivity contribution in [1.82, 2.24) is 20.1 Å². The van der Waals surface area contributed by atoms with Crippen LogP contribution in [0.1, 0.15) is 60.5 Å². The van der Waals surface area contributed by atoms with Gasteiger partial charge in [-0.05, 0) is 61.4 Å². The lowest BCUT2D eigenvalue weighted by molar-refractivity contribution is -0.132. The molecule has 280 valence electrons. The van der Waals surface area contributed by atoms with Gasteiger partial charge in [0.1, 0.15) is 11.6 Å². The minimum absolute atomic E-state index is 0.0590. The number of anilines is 1. The zero-order valence-corrected chi connectivity index (χ0v) is 30.4. The number of carbonyl (C=O) groups is 4. The maximum atomic E-state index is 14.5. The van der Waals surface area contributed by atoms with E-state index < -0.39 is 0 Å². The molecule has 14 heteroatoms. The van der Waals surface area contributed by atoms with Gasteiger partial charge in [-0.15, -0.1) is 0 Å². The van der Waals surface area contributed by atoms with Crippen molar-refractivity contribution in [2.45, 2.75) is 52.0 Å². The number of aromatic nitrogens is 1. The molecule has 2 bridgehead atoms. The molecule has 1 fully saturated rings. The van der Waals surface area contributed by atoms with E-state index in [0.29, 0.717) is 54.4 Å². The normalized spacial score (nSPS) is 17.8. The second-order valence-electron chi connectivity index (χ2n) is 13.0. The van der Waals surface area contributed by atoms with Gasteiger partial charge >= 0.3 is 0 Å². The van der Waals surface area contributed by atoms with Crippen molar-refractivity contribution in [3.05, 3.63) is 47.0 Å². The number of hydrogen-bond acceptors (Lipinski definition) is 10. The summed E-state index contributed by atoms with van der Waals surface area (Å²) in [6.07, 6.45) is 4.17. The molecule has 14 nitrogen and oxygen atoms in total. The van der Waals surface area contributed by atoms with E-state index in [9.17, 15) is 14.4 Å². The van der Waals surface area contributed by atoms with Crippen molar-refractivity contribution in [1.29, 1.82) is 0 Å². The molecule has 1 unspecified atom stereocenters. The lowest BCUT2D eigenvalue weighted by Gasteiger charge is -2.36. The van der Waals surface area contributed by atoms with Crippen LogP contribution in [0.2, 0.25) is 0 Å². The third-order valence-electron chi connectivity index (χ3n) is 9.79. The molecular formula is C38H49N5O9. The molecule has 3 aliphatic heterocycles. The minimum atomic E-state index is -0.250. The Labute approximate surface area is 303 Å². The van der Waals surface area contributed by atoms with Crippen LogP contribution in [0.25, 0.3) is 10.9 Å². The summed E-state index contributed by atoms with van der Waals surface area (Å²) < 4.78 is 23.1. The van der Waals surface area contributed by atoms with Crippen LogP contribution < -0.4 is 29.2 Å². The van der Waals surface area contributed by atoms with Crippen LogP contribution in [-0.4, -0.2) is 111 Å². The summed E-state index contributed by atoms with van der Waals surface area (Å²) in [7, 11) is 4.74. The number of aryl methyl sites for hydroxylation is 1. The van der Waals surface area contributed by atoms with E-state index in [1.54, 1.807) is 31.1 Å². The molecule has 52 heavy (non-hydrogen) atoms. The summed E-state index contributed by atoms with van der Waals surface area (Å²) in [6.45, 7) is 5.36. The Morgan fingerprint density at radius 3 is 2.48 bits per heavy atom. The van der Waals surface area contributed by atoms with Gasteiger partial charge in [-0.3, -0.25) is 19.2 Å². The quantitative estimate of drug-likeness (QED) is 0.368. The van der Waals surface area contributed by atoms with Crippen molar-refractivity contribution in [2.24, 2.45) is 5.92 Å². The van der Waals surface area contributed by atoms with E-state index in [4.69, 9.17) is 33.8 Å². The van der Waals surface area contributed by atoms with Crippen LogP contribution in [0.5, 0.6) is 23.0 Å². The summed E-state index contributed by atoms with van der Waals surface area (Å²) >= 11 is 0. The summed E-state index contributed by atoms with van der Waals surface area (Å²) in [6, 6.07) is 9.51. The number of carboxylic acid groups (broad SMARTS) is 1. The number of piperidine rings is 1. The Balaban J connectivity index is 0.00000168. The third-order valence-corrected chi connectivity index (χ3v) is 9.79. The Bertz CT molecular complexity index is 1770. The highest BCUT2D eigenvalue weighted by molar-refractivity contribution is 5.95. The van der Waals surface area contributed by atoms with Gasteiger partial charge in [0.25, 0.3) is 12.4 Å². The van der Waals surface area contributed by atoms with Crippen LogP contribution in [0, 0.1) is 5.92 Å². The largest absolute Gasteiger partial charge is 0.493 e. The second-order valence-corrected chi connectivity index (χ2v) is 13.0. The Morgan fingerprint density at radius 2 is 1.75 bits per heavy atom. The molecule has 4 heterocycles. The summed E-state index contributed by atoms with van der Waals surface area (Å²) in [5.41, 5.74) is 3.10. The number of hydrogen-bond donors (Lipinski definition) is 2. The van der Waals surface area contributed by atoms with Gasteiger partial charge in [0.15, 0.2) is 11.5 Å². The lowest BCUT2D eigenvalue weighted by Crippen LogP contribution is -2.42. The molecule has 2 aromatic carbocycles. The monoisotopic (exact) mass is 719 g/mol. The third kappa shape index (κ3) is 8.60. The number of nitrogens with one attached hydrogen (secondary N) is 1. The molecule has 0 aliphatic carbocycles. The van der Waals surface area contributed by atoms with E-state index in [2.05, 4.69) is 10.2 Å². The van der Waals surface area contributed by atoms with Crippen molar-refractivity contribution in [3.8, 4) is 23.0 Å². The fourth-order valence-electron chi connectivity index (χ4n) is 7.18. The van der Waals surface area contributed by atoms with Crippen LogP contribution in [0.15, 0.2) is 30.3 Å². The zero-order chi connectivity index (χ0) is 37.2. The van der Waals surface area contributed by atoms with Crippen molar-refractivity contribution in [2.75, 3.05) is 72.1 Å². The first-order valence-electron chi connectivity index (χ1n) is 17.8. The van der Waals surface area contributed by atoms with E-state index in [-0.39, 0.29) is 62.7 Å². The van der Waals surface area contributed by atoms with Gasteiger partial charge in [-0.25, -0.2) is 4.98 Å². The minimum Gasteiger partial charge on any atom is -0.493 e. The first-order chi connectivity index (χ1) is 25.2. The number of methoxy groups -OCH3 is 3. The van der Waals surface area contributed by atoms with Gasteiger partial charge in [0, 0.05) is 81.2 Å². The van der Waals surface area contributed by atoms with Gasteiger partial charge in [0.05, 0.1) is 33.5 Å². The smallest absolute Gasteiger partial charge is 0.290 e. The van der Waals surface area contributed by atoms with Crippen molar-refractivity contribution in [3.63, 3.8) is 0 Å². The molecule has 3 amide bonds. The van der Waals surface area contributed by atoms with Crippen LogP contribution in [0.3, 0.4) is 0 Å². The molecule has 3 aliphatic rings. The van der Waals surface area contributed by atoms with Crippen molar-refractivity contribution < 1.29 is 43.2 Å².